The van der Waals surface area contributed by atoms with Crippen LogP contribution in [-0.2, 0) is 11.0 Å². The Kier molecular flexibility index (Phi) is 4.34. The molecule has 0 radical (unpaired) electrons. The second-order valence-electron chi connectivity index (χ2n) is 6.12. The normalized spacial score (nSPS) is 21.6. The van der Waals surface area contributed by atoms with Gasteiger partial charge in [-0.25, -0.2) is 4.98 Å². The van der Waals surface area contributed by atoms with Gasteiger partial charge in [-0.3, -0.25) is 4.79 Å². The number of fused-ring (bicyclic) bond motifs is 1. The number of carboxylic acids is 1. The molecule has 1 aromatic heterocycles. The number of hydrogen-bond donors (Lipinski definition) is 2. The molecule has 2 N–H and O–H groups in total. The first-order chi connectivity index (χ1) is 11.3. The molecule has 1 heterocycles. The molecule has 4 nitrogen and oxygen atoms in total. The first-order valence-electron chi connectivity index (χ1n) is 7.80. The van der Waals surface area contributed by atoms with Gasteiger partial charge in [0.2, 0.25) is 0 Å². The van der Waals surface area contributed by atoms with Gasteiger partial charge in [0.15, 0.2) is 0 Å². The molecule has 3 rings (SSSR count). The smallest absolute Gasteiger partial charge is 0.416 e. The Bertz CT molecular complexity index is 753. The minimum absolute atomic E-state index is 0.0843. The van der Waals surface area contributed by atoms with Gasteiger partial charge in [-0.2, -0.15) is 13.2 Å². The zero-order valence-corrected chi connectivity index (χ0v) is 12.8. The Morgan fingerprint density at radius 2 is 1.88 bits per heavy atom. The van der Waals surface area contributed by atoms with Crippen LogP contribution in [0, 0.1) is 5.92 Å². The SMILES string of the molecule is O=C(O)C1CCC(Nc2nccc3cc(C(F)(F)F)ccc23)CC1. The maximum atomic E-state index is 12.8. The average molecular weight is 338 g/mol. The zero-order chi connectivity index (χ0) is 17.3. The average Bonchev–Trinajstić information content (AvgIpc) is 2.54. The topological polar surface area (TPSA) is 62.2 Å². The molecular weight excluding hydrogens is 321 g/mol. The van der Waals surface area contributed by atoms with E-state index in [0.29, 0.717) is 42.3 Å². The standard InChI is InChI=1S/C17H17F3N2O2/c18-17(19,20)12-3-6-14-11(9-12)7-8-21-15(14)22-13-4-1-10(2-5-13)16(23)24/h3,6-10,13H,1-2,4-5H2,(H,21,22)(H,23,24). The fourth-order valence-corrected chi connectivity index (χ4v) is 3.15. The summed E-state index contributed by atoms with van der Waals surface area (Å²) in [6.07, 6.45) is -0.300. The molecule has 1 saturated carbocycles. The highest BCUT2D eigenvalue weighted by atomic mass is 19.4. The monoisotopic (exact) mass is 338 g/mol. The van der Waals surface area contributed by atoms with Crippen LogP contribution in [0.2, 0.25) is 0 Å². The third-order valence-corrected chi connectivity index (χ3v) is 4.51. The lowest BCUT2D eigenvalue weighted by molar-refractivity contribution is -0.142. The number of carbonyl (C=O) groups is 1. The van der Waals surface area contributed by atoms with Crippen LogP contribution in [-0.4, -0.2) is 22.1 Å². The van der Waals surface area contributed by atoms with E-state index < -0.39 is 17.7 Å². The fourth-order valence-electron chi connectivity index (χ4n) is 3.15. The number of alkyl halides is 3. The van der Waals surface area contributed by atoms with Crippen LogP contribution in [0.15, 0.2) is 30.5 Å². The van der Waals surface area contributed by atoms with Crippen LogP contribution in [0.25, 0.3) is 10.8 Å². The number of nitrogens with zero attached hydrogens (tertiary/aromatic N) is 1. The molecule has 1 fully saturated rings. The summed E-state index contributed by atoms with van der Waals surface area (Å²) in [5, 5.41) is 13.4. The van der Waals surface area contributed by atoms with E-state index >= 15 is 0 Å². The quantitative estimate of drug-likeness (QED) is 0.875. The maximum Gasteiger partial charge on any atom is 0.416 e. The Labute approximate surface area is 136 Å². The lowest BCUT2D eigenvalue weighted by Crippen LogP contribution is -2.29. The van der Waals surface area contributed by atoms with Gasteiger partial charge in [-0.15, -0.1) is 0 Å². The molecule has 0 aliphatic heterocycles. The second kappa shape index (κ2) is 6.30. The van der Waals surface area contributed by atoms with Crippen molar-refractivity contribution in [3.05, 3.63) is 36.0 Å². The van der Waals surface area contributed by atoms with E-state index in [0.717, 1.165) is 12.1 Å². The number of aromatic nitrogens is 1. The number of rotatable bonds is 3. The number of halogens is 3. The van der Waals surface area contributed by atoms with Crippen molar-refractivity contribution >= 4 is 22.6 Å². The summed E-state index contributed by atoms with van der Waals surface area (Å²) in [5.41, 5.74) is -0.686. The minimum atomic E-state index is -4.37. The number of nitrogens with one attached hydrogen (secondary N) is 1. The predicted octanol–water partition coefficient (Wildman–Crippen LogP) is 4.31. The second-order valence-corrected chi connectivity index (χ2v) is 6.12. The van der Waals surface area contributed by atoms with Gasteiger partial charge in [0.25, 0.3) is 0 Å². The predicted molar refractivity (Wildman–Crippen MR) is 83.7 cm³/mol. The van der Waals surface area contributed by atoms with E-state index in [2.05, 4.69) is 10.3 Å². The first-order valence-corrected chi connectivity index (χ1v) is 7.80. The molecule has 0 atom stereocenters. The van der Waals surface area contributed by atoms with Gasteiger partial charge in [-0.1, -0.05) is 6.07 Å². The number of carboxylic acid groups (broad SMARTS) is 1. The van der Waals surface area contributed by atoms with Gasteiger partial charge in [0.05, 0.1) is 11.5 Å². The van der Waals surface area contributed by atoms with E-state index in [-0.39, 0.29) is 12.0 Å². The first kappa shape index (κ1) is 16.5. The van der Waals surface area contributed by atoms with Crippen LogP contribution in [0.4, 0.5) is 19.0 Å². The molecule has 0 unspecified atom stereocenters. The maximum absolute atomic E-state index is 12.8. The van der Waals surface area contributed by atoms with Crippen molar-refractivity contribution < 1.29 is 23.1 Å². The molecule has 1 aromatic carbocycles. The molecule has 0 amide bonds. The third kappa shape index (κ3) is 3.44. The number of hydrogen-bond acceptors (Lipinski definition) is 3. The molecule has 0 bridgehead atoms. The summed E-state index contributed by atoms with van der Waals surface area (Å²) < 4.78 is 38.4. The van der Waals surface area contributed by atoms with Gasteiger partial charge in [0, 0.05) is 17.6 Å². The fraction of sp³-hybridized carbons (Fsp3) is 0.412. The molecule has 1 aliphatic rings. The Balaban J connectivity index is 1.79. The Morgan fingerprint density at radius 3 is 2.50 bits per heavy atom. The highest BCUT2D eigenvalue weighted by molar-refractivity contribution is 5.92. The van der Waals surface area contributed by atoms with Crippen LogP contribution in [0.3, 0.4) is 0 Å². The summed E-state index contributed by atoms with van der Waals surface area (Å²) >= 11 is 0. The Morgan fingerprint density at radius 1 is 1.17 bits per heavy atom. The van der Waals surface area contributed by atoms with Crippen LogP contribution < -0.4 is 5.32 Å². The minimum Gasteiger partial charge on any atom is -0.481 e. The molecular formula is C17H17F3N2O2. The van der Waals surface area contributed by atoms with Gasteiger partial charge < -0.3 is 10.4 Å². The molecule has 0 spiro atoms. The van der Waals surface area contributed by atoms with E-state index in [1.807, 2.05) is 0 Å². The molecule has 0 saturated heterocycles. The molecule has 7 heteroatoms. The van der Waals surface area contributed by atoms with Crippen molar-refractivity contribution in [2.45, 2.75) is 37.9 Å². The van der Waals surface area contributed by atoms with E-state index in [4.69, 9.17) is 5.11 Å². The van der Waals surface area contributed by atoms with Crippen molar-refractivity contribution in [1.82, 2.24) is 4.98 Å². The lowest BCUT2D eigenvalue weighted by atomic mass is 9.86. The molecule has 2 aromatic rings. The highest BCUT2D eigenvalue weighted by Gasteiger charge is 2.31. The number of aliphatic carboxylic acids is 1. The highest BCUT2D eigenvalue weighted by Crippen LogP contribution is 2.33. The van der Waals surface area contributed by atoms with E-state index in [1.54, 1.807) is 6.07 Å². The number of benzene rings is 1. The number of pyridine rings is 1. The number of anilines is 1. The molecule has 1 aliphatic carbocycles. The molecule has 128 valence electrons. The summed E-state index contributed by atoms with van der Waals surface area (Å²) in [6, 6.07) is 5.23. The summed E-state index contributed by atoms with van der Waals surface area (Å²) in [5.74, 6) is -0.533. The summed E-state index contributed by atoms with van der Waals surface area (Å²) in [6.45, 7) is 0. The van der Waals surface area contributed by atoms with Crippen molar-refractivity contribution in [1.29, 1.82) is 0 Å². The van der Waals surface area contributed by atoms with E-state index in [1.165, 1.54) is 12.3 Å². The van der Waals surface area contributed by atoms with Crippen LogP contribution in [0.1, 0.15) is 31.2 Å². The van der Waals surface area contributed by atoms with Crippen molar-refractivity contribution in [3.8, 4) is 0 Å². The van der Waals surface area contributed by atoms with Gasteiger partial charge >= 0.3 is 12.1 Å². The summed E-state index contributed by atoms with van der Waals surface area (Å²) in [4.78, 5) is 15.2. The van der Waals surface area contributed by atoms with Crippen molar-refractivity contribution in [2.24, 2.45) is 5.92 Å². The largest absolute Gasteiger partial charge is 0.481 e. The van der Waals surface area contributed by atoms with Crippen LogP contribution in [0.5, 0.6) is 0 Å². The Hall–Kier alpha value is -2.31. The summed E-state index contributed by atoms with van der Waals surface area (Å²) in [7, 11) is 0. The van der Waals surface area contributed by atoms with Gasteiger partial charge in [-0.05, 0) is 49.3 Å². The van der Waals surface area contributed by atoms with Crippen molar-refractivity contribution in [3.63, 3.8) is 0 Å². The lowest BCUT2D eigenvalue weighted by Gasteiger charge is -2.27. The van der Waals surface area contributed by atoms with Crippen molar-refractivity contribution in [2.75, 3.05) is 5.32 Å². The third-order valence-electron chi connectivity index (χ3n) is 4.51. The van der Waals surface area contributed by atoms with Crippen LogP contribution >= 0.6 is 0 Å². The van der Waals surface area contributed by atoms with Gasteiger partial charge in [0.1, 0.15) is 5.82 Å². The molecule has 24 heavy (non-hydrogen) atoms. The zero-order valence-electron chi connectivity index (χ0n) is 12.8. The van der Waals surface area contributed by atoms with E-state index in [9.17, 15) is 18.0 Å².